The highest BCUT2D eigenvalue weighted by Gasteiger charge is 2.48. The van der Waals surface area contributed by atoms with Crippen molar-refractivity contribution in [3.8, 4) is 0 Å². The molecule has 31 heavy (non-hydrogen) atoms. The molecule has 0 aliphatic heterocycles. The number of furan rings is 1. The van der Waals surface area contributed by atoms with Crippen LogP contribution in [0.3, 0.4) is 0 Å². The monoisotopic (exact) mass is 432 g/mol. The van der Waals surface area contributed by atoms with E-state index in [0.29, 0.717) is 23.8 Å². The highest BCUT2D eigenvalue weighted by Crippen LogP contribution is 2.58. The van der Waals surface area contributed by atoms with Crippen LogP contribution in [0.15, 0.2) is 34.7 Å². The minimum Gasteiger partial charge on any atom is -0.472 e. The predicted molar refractivity (Wildman–Crippen MR) is 120 cm³/mol. The zero-order valence-corrected chi connectivity index (χ0v) is 19.8. The van der Waals surface area contributed by atoms with E-state index in [1.165, 1.54) is 38.9 Å². The molecule has 0 aromatic carbocycles. The number of carbonyl (C=O) groups is 1. The van der Waals surface area contributed by atoms with E-state index in [9.17, 15) is 15.0 Å². The Morgan fingerprint density at radius 3 is 2.71 bits per heavy atom. The zero-order chi connectivity index (χ0) is 22.8. The Labute approximate surface area is 186 Å². The molecule has 1 aromatic rings. The molecule has 1 aromatic heterocycles. The van der Waals surface area contributed by atoms with Gasteiger partial charge in [-0.2, -0.15) is 0 Å². The smallest absolute Gasteiger partial charge is 0.311 e. The van der Waals surface area contributed by atoms with Crippen molar-refractivity contribution in [2.45, 2.75) is 84.8 Å². The normalized spacial score (nSPS) is 30.6. The van der Waals surface area contributed by atoms with Gasteiger partial charge in [0.15, 0.2) is 0 Å². The van der Waals surface area contributed by atoms with Gasteiger partial charge in [0.05, 0.1) is 37.8 Å². The van der Waals surface area contributed by atoms with E-state index in [0.717, 1.165) is 12.8 Å². The number of aliphatic hydroxyl groups is 2. The number of rotatable bonds is 8. The van der Waals surface area contributed by atoms with Gasteiger partial charge >= 0.3 is 5.97 Å². The Balaban J connectivity index is 1.74. The van der Waals surface area contributed by atoms with Crippen molar-refractivity contribution in [3.05, 3.63) is 35.8 Å². The first kappa shape index (κ1) is 24.1. The van der Waals surface area contributed by atoms with Gasteiger partial charge < -0.3 is 19.4 Å². The van der Waals surface area contributed by atoms with Crippen molar-refractivity contribution in [2.75, 3.05) is 7.11 Å². The van der Waals surface area contributed by atoms with Crippen LogP contribution in [-0.4, -0.2) is 29.4 Å². The molecule has 0 spiro atoms. The molecule has 0 radical (unpaired) electrons. The van der Waals surface area contributed by atoms with E-state index in [4.69, 9.17) is 9.15 Å². The fraction of sp³-hybridized carbons (Fsp3) is 0.731. The molecule has 1 saturated carbocycles. The van der Waals surface area contributed by atoms with Gasteiger partial charge in [-0.15, -0.1) is 0 Å². The largest absolute Gasteiger partial charge is 0.472 e. The Morgan fingerprint density at radius 2 is 2.06 bits per heavy atom. The number of allylic oxidation sites excluding steroid dienone is 2. The van der Waals surface area contributed by atoms with Gasteiger partial charge in [-0.25, -0.2) is 0 Å². The van der Waals surface area contributed by atoms with Crippen molar-refractivity contribution in [2.24, 2.45) is 28.6 Å². The number of hydrogen-bond donors (Lipinski definition) is 2. The third-order valence-electron chi connectivity index (χ3n) is 8.42. The second kappa shape index (κ2) is 9.50. The van der Waals surface area contributed by atoms with Gasteiger partial charge in [-0.3, -0.25) is 4.79 Å². The van der Waals surface area contributed by atoms with Crippen LogP contribution in [0.1, 0.15) is 84.3 Å². The highest BCUT2D eigenvalue weighted by molar-refractivity contribution is 5.72. The van der Waals surface area contributed by atoms with Crippen molar-refractivity contribution >= 4 is 5.97 Å². The van der Waals surface area contributed by atoms with E-state index in [1.807, 2.05) is 0 Å². The minimum absolute atomic E-state index is 0.0766. The van der Waals surface area contributed by atoms with Crippen LogP contribution in [-0.2, 0) is 9.53 Å². The van der Waals surface area contributed by atoms with Crippen molar-refractivity contribution < 1.29 is 24.2 Å². The molecule has 0 saturated heterocycles. The number of fused-ring (bicyclic) bond motifs is 1. The number of aliphatic hydroxyl groups excluding tert-OH is 2. The molecule has 5 nitrogen and oxygen atoms in total. The quantitative estimate of drug-likeness (QED) is 0.423. The van der Waals surface area contributed by atoms with Gasteiger partial charge in [0.1, 0.15) is 0 Å². The first-order chi connectivity index (χ1) is 14.6. The van der Waals surface area contributed by atoms with Crippen LogP contribution < -0.4 is 0 Å². The molecule has 2 aliphatic rings. The van der Waals surface area contributed by atoms with Gasteiger partial charge in [-0.05, 0) is 60.8 Å². The average molecular weight is 433 g/mol. The van der Waals surface area contributed by atoms with E-state index in [2.05, 4.69) is 33.8 Å². The maximum absolute atomic E-state index is 12.6. The van der Waals surface area contributed by atoms with Crippen LogP contribution in [0.5, 0.6) is 0 Å². The maximum Gasteiger partial charge on any atom is 0.311 e. The van der Waals surface area contributed by atoms with Crippen LogP contribution >= 0.6 is 0 Å². The van der Waals surface area contributed by atoms with Gasteiger partial charge in [0, 0.05) is 12.0 Å². The molecule has 2 N–H and O–H groups in total. The van der Waals surface area contributed by atoms with Gasteiger partial charge in [0.2, 0.25) is 0 Å². The Morgan fingerprint density at radius 1 is 1.32 bits per heavy atom. The molecular weight excluding hydrogens is 392 g/mol. The Kier molecular flexibility index (Phi) is 7.37. The number of carbonyl (C=O) groups excluding carboxylic acids is 1. The maximum atomic E-state index is 12.6. The molecule has 1 heterocycles. The summed E-state index contributed by atoms with van der Waals surface area (Å²) in [4.78, 5) is 12.6. The second-order valence-electron chi connectivity index (χ2n) is 10.7. The molecule has 174 valence electrons. The topological polar surface area (TPSA) is 79.9 Å². The summed E-state index contributed by atoms with van der Waals surface area (Å²) < 4.78 is 10.1. The van der Waals surface area contributed by atoms with Crippen molar-refractivity contribution in [1.82, 2.24) is 0 Å². The standard InChI is InChI=1S/C26H40O5/c1-17-8-9-20-21(7-6-12-25(20,2)3)26(17,4)13-10-19(24(29)30-5)23(28)15-22(27)18-11-14-31-16-18/h9,11,14,16-17,19,21-23,27-28H,6-8,10,12-13,15H2,1-5H3/t17-,19-,21-,22+,23-,26-/m0/s1. The summed E-state index contributed by atoms with van der Waals surface area (Å²) in [5.74, 6) is -0.0192. The summed E-state index contributed by atoms with van der Waals surface area (Å²) in [5.41, 5.74) is 2.51. The number of methoxy groups -OCH3 is 1. The van der Waals surface area contributed by atoms with E-state index < -0.39 is 24.1 Å². The molecule has 1 fully saturated rings. The summed E-state index contributed by atoms with van der Waals surface area (Å²) in [6.07, 6.45) is 9.79. The fourth-order valence-corrected chi connectivity index (χ4v) is 6.04. The zero-order valence-electron chi connectivity index (χ0n) is 19.8. The predicted octanol–water partition coefficient (Wildman–Crippen LogP) is 5.43. The lowest BCUT2D eigenvalue weighted by molar-refractivity contribution is -0.151. The summed E-state index contributed by atoms with van der Waals surface area (Å²) in [6.45, 7) is 9.41. The molecule has 0 bridgehead atoms. The highest BCUT2D eigenvalue weighted by atomic mass is 16.5. The Hall–Kier alpha value is -1.59. The molecule has 2 aliphatic carbocycles. The number of hydrogen-bond acceptors (Lipinski definition) is 5. The van der Waals surface area contributed by atoms with E-state index >= 15 is 0 Å². The molecule has 0 unspecified atom stereocenters. The second-order valence-corrected chi connectivity index (χ2v) is 10.7. The summed E-state index contributed by atoms with van der Waals surface area (Å²) in [6, 6.07) is 1.67. The summed E-state index contributed by atoms with van der Waals surface area (Å²) in [7, 11) is 1.37. The lowest BCUT2D eigenvalue weighted by Gasteiger charge is -2.53. The minimum atomic E-state index is -0.974. The average Bonchev–Trinajstić information content (AvgIpc) is 3.26. The van der Waals surface area contributed by atoms with Crippen molar-refractivity contribution in [1.29, 1.82) is 0 Å². The van der Waals surface area contributed by atoms with Crippen LogP contribution in [0.2, 0.25) is 0 Å². The third-order valence-corrected chi connectivity index (χ3v) is 8.42. The lowest BCUT2D eigenvalue weighted by atomic mass is 9.51. The SMILES string of the molecule is COC(=O)[C@@H](CC[C@@]1(C)[C@@H](C)CC=C2[C@@H]1CCCC2(C)C)[C@@H](O)C[C@@H](O)c1ccoc1. The van der Waals surface area contributed by atoms with Gasteiger partial charge in [0.25, 0.3) is 0 Å². The lowest BCUT2D eigenvalue weighted by Crippen LogP contribution is -2.44. The first-order valence-corrected chi connectivity index (χ1v) is 11.8. The van der Waals surface area contributed by atoms with E-state index in [-0.39, 0.29) is 17.3 Å². The van der Waals surface area contributed by atoms with Crippen LogP contribution in [0.4, 0.5) is 0 Å². The Bertz CT molecular complexity index is 765. The molecule has 6 atom stereocenters. The third kappa shape index (κ3) is 4.93. The molecule has 5 heteroatoms. The molecular formula is C26H40O5. The van der Waals surface area contributed by atoms with Gasteiger partial charge in [-0.1, -0.05) is 45.8 Å². The first-order valence-electron chi connectivity index (χ1n) is 11.8. The number of esters is 1. The van der Waals surface area contributed by atoms with Crippen molar-refractivity contribution in [3.63, 3.8) is 0 Å². The fourth-order valence-electron chi connectivity index (χ4n) is 6.04. The number of ether oxygens (including phenoxy) is 1. The van der Waals surface area contributed by atoms with Crippen LogP contribution in [0.25, 0.3) is 0 Å². The molecule has 3 rings (SSSR count). The van der Waals surface area contributed by atoms with E-state index in [1.54, 1.807) is 11.6 Å². The van der Waals surface area contributed by atoms with Crippen LogP contribution in [0, 0.1) is 28.6 Å². The summed E-state index contributed by atoms with van der Waals surface area (Å²) >= 11 is 0. The summed E-state index contributed by atoms with van der Waals surface area (Å²) in [5, 5.41) is 21.3. The molecule has 0 amide bonds.